The molecule has 0 fully saturated rings. The third-order valence-electron chi connectivity index (χ3n) is 5.39. The van der Waals surface area contributed by atoms with Gasteiger partial charge in [0.05, 0.1) is 0 Å². The lowest BCUT2D eigenvalue weighted by Gasteiger charge is -2.28. The van der Waals surface area contributed by atoms with E-state index in [0.29, 0.717) is 11.3 Å². The van der Waals surface area contributed by atoms with Crippen molar-refractivity contribution in [1.82, 2.24) is 0 Å². The van der Waals surface area contributed by atoms with Gasteiger partial charge in [-0.05, 0) is 47.1 Å². The number of Topliss-reactive ketones (excluding diaryl/α,β-unsaturated/α-hetero) is 1. The highest BCUT2D eigenvalue weighted by molar-refractivity contribution is 7.95. The molecule has 0 atom stereocenters. The number of anilines is 1. The van der Waals surface area contributed by atoms with Gasteiger partial charge in [0.25, 0.3) is 0 Å². The van der Waals surface area contributed by atoms with Gasteiger partial charge >= 0.3 is 0 Å². The molecule has 0 spiro atoms. The number of hydrogen-bond donors (Lipinski definition) is 1. The monoisotopic (exact) mass is 409 g/mol. The largest absolute Gasteiger partial charge is 0.398 e. The minimum absolute atomic E-state index is 0.0407. The molecule has 0 saturated carbocycles. The first-order valence-electron chi connectivity index (χ1n) is 9.94. The molecule has 0 aromatic heterocycles. The highest BCUT2D eigenvalue weighted by Crippen LogP contribution is 2.44. The molecule has 30 heavy (non-hydrogen) atoms. The number of para-hydroxylation sites is 1. The Bertz CT molecular complexity index is 1110. The van der Waals surface area contributed by atoms with Crippen molar-refractivity contribution in [2.45, 2.75) is 6.92 Å². The molecule has 0 unspecified atom stereocenters. The van der Waals surface area contributed by atoms with Gasteiger partial charge in [0.2, 0.25) is 0 Å². The van der Waals surface area contributed by atoms with Gasteiger partial charge < -0.3 is 5.73 Å². The van der Waals surface area contributed by atoms with Gasteiger partial charge in [-0.15, -0.1) is 0 Å². The third kappa shape index (κ3) is 3.63. The first kappa shape index (κ1) is 19.9. The molecular weight excluding hydrogens is 385 g/mol. The Labute approximate surface area is 178 Å². The molecule has 0 radical (unpaired) electrons. The van der Waals surface area contributed by atoms with Crippen LogP contribution in [0, 0.1) is 6.92 Å². The Morgan fingerprint density at radius 2 is 1.10 bits per heavy atom. The Kier molecular flexibility index (Phi) is 5.70. The number of nitrogen functional groups attached to an aromatic ring is 1. The lowest BCUT2D eigenvalue weighted by atomic mass is 10.1. The fourth-order valence-electron chi connectivity index (χ4n) is 3.80. The molecule has 148 valence electrons. The van der Waals surface area contributed by atoms with Crippen LogP contribution in [0.2, 0.25) is 0 Å². The Morgan fingerprint density at radius 1 is 0.667 bits per heavy atom. The summed E-state index contributed by atoms with van der Waals surface area (Å²) in [6, 6.07) is 36.6. The molecule has 0 aliphatic rings. The zero-order chi connectivity index (χ0) is 21.0. The van der Waals surface area contributed by atoms with E-state index in [4.69, 9.17) is 5.73 Å². The van der Waals surface area contributed by atoms with E-state index in [0.717, 1.165) is 21.5 Å². The number of rotatable bonds is 5. The summed E-state index contributed by atoms with van der Waals surface area (Å²) in [7, 11) is 0. The normalized spacial score (nSPS) is 11.1. The van der Waals surface area contributed by atoms with Crippen LogP contribution in [0.15, 0.2) is 109 Å². The summed E-state index contributed by atoms with van der Waals surface area (Å²) in [5, 5.41) is 3.42. The van der Waals surface area contributed by atoms with Crippen LogP contribution in [0.1, 0.15) is 15.9 Å². The van der Waals surface area contributed by atoms with Crippen molar-refractivity contribution in [3.8, 4) is 0 Å². The molecule has 4 aromatic carbocycles. The molecule has 0 heterocycles. The van der Waals surface area contributed by atoms with E-state index >= 15 is 0 Å². The van der Waals surface area contributed by atoms with E-state index in [9.17, 15) is 4.79 Å². The molecule has 4 rings (SSSR count). The van der Waals surface area contributed by atoms with E-state index < -0.39 is 6.89 Å². The first-order valence-corrected chi connectivity index (χ1v) is 11.8. The number of benzene rings is 4. The molecule has 0 aliphatic carbocycles. The summed E-state index contributed by atoms with van der Waals surface area (Å²) in [4.78, 5) is 13.6. The molecule has 2 N–H and O–H groups in total. The minimum atomic E-state index is -2.34. The second-order valence-corrected chi connectivity index (χ2v) is 10.5. The molecule has 2 nitrogen and oxygen atoms in total. The third-order valence-corrected chi connectivity index (χ3v) is 9.35. The van der Waals surface area contributed by atoms with Gasteiger partial charge in [-0.3, -0.25) is 4.79 Å². The number of ketones is 1. The molecule has 0 saturated heterocycles. The van der Waals surface area contributed by atoms with Crippen molar-refractivity contribution in [2.24, 2.45) is 0 Å². The summed E-state index contributed by atoms with van der Waals surface area (Å²) in [6.07, 6.45) is 0. The molecule has 0 amide bonds. The van der Waals surface area contributed by atoms with Gasteiger partial charge in [-0.1, -0.05) is 103 Å². The van der Waals surface area contributed by atoms with E-state index in [1.165, 1.54) is 0 Å². The quantitative estimate of drug-likeness (QED) is 0.298. The number of carbonyl (C=O) groups is 1. The van der Waals surface area contributed by atoms with Crippen molar-refractivity contribution < 1.29 is 4.79 Å². The van der Waals surface area contributed by atoms with Crippen LogP contribution in [-0.4, -0.2) is 11.6 Å². The van der Waals surface area contributed by atoms with E-state index in [-0.39, 0.29) is 5.78 Å². The first-order chi connectivity index (χ1) is 14.6. The summed E-state index contributed by atoms with van der Waals surface area (Å²) in [5.41, 5.74) is 8.31. The van der Waals surface area contributed by atoms with Gasteiger partial charge in [0.1, 0.15) is 0 Å². The van der Waals surface area contributed by atoms with Crippen molar-refractivity contribution in [1.29, 1.82) is 0 Å². The van der Waals surface area contributed by atoms with Crippen LogP contribution in [0.3, 0.4) is 0 Å². The highest BCUT2D eigenvalue weighted by atomic mass is 31.2. The van der Waals surface area contributed by atoms with E-state index in [2.05, 4.69) is 36.4 Å². The van der Waals surface area contributed by atoms with Crippen molar-refractivity contribution in [3.63, 3.8) is 0 Å². The van der Waals surface area contributed by atoms with Crippen LogP contribution in [0.25, 0.3) is 0 Å². The summed E-state index contributed by atoms with van der Waals surface area (Å²) < 4.78 is 0. The predicted octanol–water partition coefficient (Wildman–Crippen LogP) is 4.56. The highest BCUT2D eigenvalue weighted by Gasteiger charge is 2.27. The van der Waals surface area contributed by atoms with Crippen LogP contribution in [-0.2, 0) is 0 Å². The predicted molar refractivity (Wildman–Crippen MR) is 131 cm³/mol. The number of hydrogen-bond acceptors (Lipinski definition) is 2. The average Bonchev–Trinajstić information content (AvgIpc) is 2.81. The van der Waals surface area contributed by atoms with Crippen LogP contribution in [0.4, 0.5) is 5.69 Å². The van der Waals surface area contributed by atoms with Gasteiger partial charge in [-0.25, -0.2) is 0 Å². The van der Waals surface area contributed by atoms with Gasteiger partial charge in [0, 0.05) is 11.3 Å². The lowest BCUT2D eigenvalue weighted by molar-refractivity contribution is 0.107. The smallest absolute Gasteiger partial charge is 0.188 e. The van der Waals surface area contributed by atoms with Crippen molar-refractivity contribution >= 4 is 40.1 Å². The van der Waals surface area contributed by atoms with Crippen molar-refractivity contribution in [2.75, 3.05) is 5.73 Å². The molecule has 3 heteroatoms. The summed E-state index contributed by atoms with van der Waals surface area (Å²) in [5.74, 6) is 1.89. The Morgan fingerprint density at radius 3 is 1.53 bits per heavy atom. The zero-order valence-electron chi connectivity index (χ0n) is 16.9. The van der Waals surface area contributed by atoms with Crippen LogP contribution >= 0.6 is 6.89 Å². The SMILES string of the molecule is Cc1cccc(C(=O)C=P(c2ccccc2)(c2ccccc2)c2ccccc2)c1N. The maximum absolute atomic E-state index is 13.6. The van der Waals surface area contributed by atoms with Gasteiger partial charge in [-0.2, -0.15) is 0 Å². The summed E-state index contributed by atoms with van der Waals surface area (Å²) in [6.45, 7) is -0.409. The topological polar surface area (TPSA) is 43.1 Å². The Hall–Kier alpha value is -3.35. The average molecular weight is 409 g/mol. The fraction of sp³-hybridized carbons (Fsp3) is 0.0370. The standard InChI is InChI=1S/C27H24NOP/c1-21-12-11-19-25(27(21)28)26(29)20-30(22-13-5-2-6-14-22,23-15-7-3-8-16-23)24-17-9-4-10-18-24/h2-20H,28H2,1H3. The maximum atomic E-state index is 13.6. The van der Waals surface area contributed by atoms with Gasteiger partial charge in [0.15, 0.2) is 5.78 Å². The molecule has 0 bridgehead atoms. The number of carbonyl (C=O) groups excluding carboxylic acids is 1. The molecule has 0 aliphatic heterocycles. The number of aryl methyl sites for hydroxylation is 1. The van der Waals surface area contributed by atoms with E-state index in [1.807, 2.05) is 85.5 Å². The molecule has 4 aromatic rings. The molecular formula is C27H24NOP. The fourth-order valence-corrected chi connectivity index (χ4v) is 7.56. The zero-order valence-corrected chi connectivity index (χ0v) is 17.8. The maximum Gasteiger partial charge on any atom is 0.188 e. The lowest BCUT2D eigenvalue weighted by Crippen LogP contribution is -2.28. The second kappa shape index (κ2) is 8.57. The Balaban J connectivity index is 2.09. The van der Waals surface area contributed by atoms with Crippen LogP contribution in [0.5, 0.6) is 0 Å². The second-order valence-electron chi connectivity index (χ2n) is 7.26. The van der Waals surface area contributed by atoms with E-state index in [1.54, 1.807) is 0 Å². The summed E-state index contributed by atoms with van der Waals surface area (Å²) >= 11 is 0. The van der Waals surface area contributed by atoms with Crippen molar-refractivity contribution in [3.05, 3.63) is 120 Å². The number of nitrogens with two attached hydrogens (primary N) is 1. The van der Waals surface area contributed by atoms with Crippen LogP contribution < -0.4 is 21.6 Å². The minimum Gasteiger partial charge on any atom is -0.398 e.